The Morgan fingerprint density at radius 1 is 0.681 bits per heavy atom. The van der Waals surface area contributed by atoms with Crippen LogP contribution in [0, 0.1) is 3.57 Å². The van der Waals surface area contributed by atoms with E-state index in [-0.39, 0.29) is 29.6 Å². The van der Waals surface area contributed by atoms with Gasteiger partial charge in [-0.2, -0.15) is 41.3 Å². The van der Waals surface area contributed by atoms with Crippen molar-refractivity contribution in [3.8, 4) is 0 Å². The van der Waals surface area contributed by atoms with Crippen LogP contribution in [-0.2, 0) is 23.8 Å². The van der Waals surface area contributed by atoms with Gasteiger partial charge in [-0.3, -0.25) is 23.3 Å². The second-order valence-electron chi connectivity index (χ2n) is 14.6. The zero-order valence-corrected chi connectivity index (χ0v) is 38.5. The van der Waals surface area contributed by atoms with Gasteiger partial charge in [0, 0.05) is 37.2 Å². The van der Waals surface area contributed by atoms with Crippen molar-refractivity contribution >= 4 is 57.9 Å². The Balaban J connectivity index is 0.000000268. The van der Waals surface area contributed by atoms with E-state index in [0.717, 1.165) is 27.5 Å². The molecule has 6 heterocycles. The standard InChI is InChI=1S/C14H16F4N4O5.C9H11FIN3O4.C9H12FN3O4.C5H6F3NO/c15-8-9(24)7(5-23)27-11(8)22-4-6(10(19)21-13(22)26)2-1-3-20-12(25)14(16,17)18;10-5-6(16)4(2-15)18-8(5)14-1-3(11)7(12)13-9(14)17;10-6-7(15)4(3-14)17-8(6)13-2-1-5(11)12-9(13)16;1-2-3-9-4(10)5(6,7)8/h1-2,4,7-9,11,23-24H,3,5H2,(H,20,25)(H2,19,21,26);1,4-6,8,15-16H,2H2,(H2,12,13,17);1-2,4,6-8,14-15H,3H2,(H2,11,12,16);2H,1,3H2,(H,9,10)/b2-1+;;;/t7-,8?,9+,11-;4-,5?,6+,8-;4-,6?,7+,8-;/m111./s1. The number of alkyl halides is 9. The number of aliphatic hydroxyl groups is 6. The van der Waals surface area contributed by atoms with Gasteiger partial charge >= 0.3 is 41.2 Å². The van der Waals surface area contributed by atoms with E-state index in [9.17, 15) is 78.8 Å². The Labute approximate surface area is 410 Å². The van der Waals surface area contributed by atoms with Crippen LogP contribution < -0.4 is 44.9 Å². The number of nitrogen functional groups attached to an aromatic ring is 3. The largest absolute Gasteiger partial charge is 0.471 e. The smallest absolute Gasteiger partial charge is 0.394 e. The maximum Gasteiger partial charge on any atom is 0.471 e. The molecule has 0 aromatic carbocycles. The summed E-state index contributed by atoms with van der Waals surface area (Å²) in [4.78, 5) is 66.0. The summed E-state index contributed by atoms with van der Waals surface area (Å²) in [5.41, 5.74) is 13.8. The number of nitrogens with two attached hydrogens (primary N) is 3. The van der Waals surface area contributed by atoms with Crippen LogP contribution in [0.4, 0.5) is 57.0 Å². The predicted octanol–water partition coefficient (Wildman–Crippen LogP) is -2.61. The molecule has 402 valence electrons. The summed E-state index contributed by atoms with van der Waals surface area (Å²) in [6.07, 6.45) is -20.6. The molecule has 25 nitrogen and oxygen atoms in total. The Bertz CT molecular complexity index is 2540. The summed E-state index contributed by atoms with van der Waals surface area (Å²) in [5, 5.41) is 58.5. The third-order valence-electron chi connectivity index (χ3n) is 9.64. The minimum atomic E-state index is -5.03. The van der Waals surface area contributed by atoms with E-state index in [4.69, 9.17) is 46.7 Å². The number of carbonyl (C=O) groups is 2. The SMILES string of the molecule is C=CCNC(=O)C(F)(F)F.Nc1ccn([C@@H]2O[C@H](CO)[C@H](O)C2F)c(=O)n1.Nc1nc(=O)n([C@@H]2O[C@H](CO)[C@H](O)C2F)cc1/C=C/CNC(=O)C(F)(F)F.Nc1nc(=O)n([C@@H]2O[C@H](CO)[C@H](O)C2F)cc1I. The molecule has 2 amide bonds. The van der Waals surface area contributed by atoms with Crippen LogP contribution in [0.5, 0.6) is 0 Å². The van der Waals surface area contributed by atoms with E-state index in [1.165, 1.54) is 24.5 Å². The van der Waals surface area contributed by atoms with Crippen LogP contribution in [0.1, 0.15) is 24.2 Å². The summed E-state index contributed by atoms with van der Waals surface area (Å²) in [5.74, 6) is -4.30. The van der Waals surface area contributed by atoms with Gasteiger partial charge in [-0.05, 0) is 28.7 Å². The fourth-order valence-electron chi connectivity index (χ4n) is 6.00. The number of hydrogen-bond donors (Lipinski definition) is 11. The number of nitrogens with one attached hydrogen (secondary N) is 2. The highest BCUT2D eigenvalue weighted by atomic mass is 127. The highest BCUT2D eigenvalue weighted by Gasteiger charge is 2.47. The average Bonchev–Trinajstić information content (AvgIpc) is 3.88. The number of aliphatic hydroxyl groups excluding tert-OH is 6. The fourth-order valence-corrected chi connectivity index (χ4v) is 6.43. The summed E-state index contributed by atoms with van der Waals surface area (Å²) < 4.78 is 130. The lowest BCUT2D eigenvalue weighted by Gasteiger charge is -2.16. The van der Waals surface area contributed by atoms with Gasteiger partial charge in [0.2, 0.25) is 0 Å². The molecule has 0 bridgehead atoms. The molecule has 0 spiro atoms. The highest BCUT2D eigenvalue weighted by Crippen LogP contribution is 2.33. The third kappa shape index (κ3) is 15.6. The van der Waals surface area contributed by atoms with Crippen molar-refractivity contribution in [1.82, 2.24) is 39.3 Å². The van der Waals surface area contributed by atoms with E-state index in [1.54, 1.807) is 10.6 Å². The molecule has 3 aromatic heterocycles. The molecule has 12 atom stereocenters. The van der Waals surface area contributed by atoms with Crippen molar-refractivity contribution in [1.29, 1.82) is 0 Å². The molecule has 0 saturated carbocycles. The molecule has 3 saturated heterocycles. The third-order valence-corrected chi connectivity index (χ3v) is 10.5. The van der Waals surface area contributed by atoms with Crippen molar-refractivity contribution in [3.05, 3.63) is 84.0 Å². The summed E-state index contributed by atoms with van der Waals surface area (Å²) in [7, 11) is 0. The Kier molecular flexibility index (Phi) is 22.0. The van der Waals surface area contributed by atoms with Crippen LogP contribution in [-0.4, -0.2) is 172 Å². The van der Waals surface area contributed by atoms with E-state index in [1.807, 2.05) is 22.6 Å². The van der Waals surface area contributed by atoms with Gasteiger partial charge in [0.1, 0.15) is 54.1 Å². The highest BCUT2D eigenvalue weighted by molar-refractivity contribution is 14.1. The molecule has 0 aliphatic carbocycles. The molecule has 3 aromatic rings. The second kappa shape index (κ2) is 26.2. The number of aromatic nitrogens is 6. The zero-order chi connectivity index (χ0) is 54.6. The monoisotopic (exact) mass is 1170 g/mol. The summed E-state index contributed by atoms with van der Waals surface area (Å²) >= 11 is 1.84. The van der Waals surface area contributed by atoms with Crippen LogP contribution in [0.3, 0.4) is 0 Å². The molecule has 35 heteroatoms. The molecule has 72 heavy (non-hydrogen) atoms. The maximum atomic E-state index is 14.1. The van der Waals surface area contributed by atoms with Gasteiger partial charge in [0.05, 0.1) is 23.4 Å². The molecule has 3 aliphatic heterocycles. The van der Waals surface area contributed by atoms with Gasteiger partial charge in [-0.25, -0.2) is 27.6 Å². The predicted molar refractivity (Wildman–Crippen MR) is 235 cm³/mol. The number of halogens is 10. The van der Waals surface area contributed by atoms with E-state index >= 15 is 0 Å². The molecule has 3 unspecified atom stereocenters. The quantitative estimate of drug-likeness (QED) is 0.0532. The second-order valence-corrected chi connectivity index (χ2v) is 15.8. The van der Waals surface area contributed by atoms with E-state index in [2.05, 4.69) is 21.5 Å². The molecule has 3 fully saturated rings. The fraction of sp³-hybridized carbons (Fsp3) is 0.514. The normalized spacial score (nSPS) is 26.9. The van der Waals surface area contributed by atoms with Gasteiger partial charge in [-0.15, -0.1) is 6.58 Å². The van der Waals surface area contributed by atoms with E-state index in [0.29, 0.717) is 8.14 Å². The number of ether oxygens (including phenoxy) is 3. The molecule has 0 radical (unpaired) electrons. The molecular weight excluding hydrogens is 1120 g/mol. The first-order valence-corrected chi connectivity index (χ1v) is 21.1. The lowest BCUT2D eigenvalue weighted by molar-refractivity contribution is -0.173. The van der Waals surface area contributed by atoms with Crippen LogP contribution >= 0.6 is 22.6 Å². The van der Waals surface area contributed by atoms with Gasteiger partial charge in [-0.1, -0.05) is 18.2 Å². The summed E-state index contributed by atoms with van der Waals surface area (Å²) in [6.45, 7) is 0.725. The van der Waals surface area contributed by atoms with Crippen LogP contribution in [0.25, 0.3) is 6.08 Å². The topological polar surface area (TPSA) is 390 Å². The van der Waals surface area contributed by atoms with Gasteiger partial charge in [0.25, 0.3) is 0 Å². The maximum absolute atomic E-state index is 14.1. The van der Waals surface area contributed by atoms with Crippen molar-refractivity contribution in [2.45, 2.75) is 86.2 Å². The minimum absolute atomic E-state index is 0.0129. The number of rotatable bonds is 11. The van der Waals surface area contributed by atoms with Gasteiger partial charge in [0.15, 0.2) is 37.2 Å². The minimum Gasteiger partial charge on any atom is -0.394 e. The lowest BCUT2D eigenvalue weighted by Crippen LogP contribution is -2.36. The molecule has 6 rings (SSSR count). The molecule has 14 N–H and O–H groups in total. The number of anilines is 3. The van der Waals surface area contributed by atoms with E-state index < -0.39 is 141 Å². The molecular formula is C37H45F9IN11O14. The van der Waals surface area contributed by atoms with Gasteiger partial charge < -0.3 is 72.7 Å². The number of hydrogen-bond acceptors (Lipinski definition) is 20. The Morgan fingerprint density at radius 2 is 1.07 bits per heavy atom. The van der Waals surface area contributed by atoms with Crippen LogP contribution in [0.15, 0.2) is 57.8 Å². The van der Waals surface area contributed by atoms with Crippen molar-refractivity contribution in [2.75, 3.05) is 50.1 Å². The zero-order valence-electron chi connectivity index (χ0n) is 36.4. The first-order valence-electron chi connectivity index (χ1n) is 20.0. The van der Waals surface area contributed by atoms with Crippen LogP contribution in [0.2, 0.25) is 0 Å². The average molecular weight is 1170 g/mol. The number of carbonyl (C=O) groups excluding carboxylic acids is 2. The van der Waals surface area contributed by atoms with Crippen molar-refractivity contribution < 1.29 is 94.0 Å². The lowest BCUT2D eigenvalue weighted by atomic mass is 10.1. The Hall–Kier alpha value is -5.80. The van der Waals surface area contributed by atoms with Crippen molar-refractivity contribution in [2.24, 2.45) is 0 Å². The Morgan fingerprint density at radius 3 is 1.46 bits per heavy atom. The molecule has 3 aliphatic rings. The number of nitrogens with zero attached hydrogens (tertiary/aromatic N) is 6. The summed E-state index contributed by atoms with van der Waals surface area (Å²) in [6, 6.07) is 1.32. The first kappa shape index (κ1) is 60.5. The first-order chi connectivity index (χ1) is 33.5. The number of amides is 2. The van der Waals surface area contributed by atoms with Crippen molar-refractivity contribution in [3.63, 3.8) is 0 Å².